The van der Waals surface area contributed by atoms with Crippen LogP contribution >= 0.6 is 0 Å². The molecule has 1 atom stereocenters. The highest BCUT2D eigenvalue weighted by molar-refractivity contribution is 7.91. The van der Waals surface area contributed by atoms with E-state index >= 15 is 0 Å². The summed E-state index contributed by atoms with van der Waals surface area (Å²) in [6.07, 6.45) is 3.70. The monoisotopic (exact) mass is 345 g/mol. The summed E-state index contributed by atoms with van der Waals surface area (Å²) in [5, 5.41) is 7.13. The highest BCUT2D eigenvalue weighted by Gasteiger charge is 2.31. The maximum atomic E-state index is 12.1. The molecule has 0 saturated carbocycles. The van der Waals surface area contributed by atoms with Crippen molar-refractivity contribution in [2.75, 3.05) is 16.8 Å². The number of benzene rings is 1. The molecule has 3 rings (SSSR count). The van der Waals surface area contributed by atoms with Gasteiger partial charge in [-0.05, 0) is 25.0 Å². The molecule has 24 heavy (non-hydrogen) atoms. The molecule has 126 valence electrons. The fraction of sp³-hybridized carbons (Fsp3) is 0.294. The van der Waals surface area contributed by atoms with Gasteiger partial charge in [-0.25, -0.2) is 13.1 Å². The third kappa shape index (κ3) is 3.91. The number of hydrogen-bond donors (Lipinski definition) is 1. The quantitative estimate of drug-likeness (QED) is 0.862. The Morgan fingerprint density at radius 3 is 2.75 bits per heavy atom. The van der Waals surface area contributed by atoms with Gasteiger partial charge in [0.05, 0.1) is 23.2 Å². The van der Waals surface area contributed by atoms with Crippen LogP contribution in [0.3, 0.4) is 0 Å². The number of carbonyl (C=O) groups excluding carboxylic acids is 1. The Hall–Kier alpha value is -2.41. The smallest absolute Gasteiger partial charge is 0.249 e. The Labute approximate surface area is 141 Å². The van der Waals surface area contributed by atoms with Gasteiger partial charge in [0, 0.05) is 12.1 Å². The number of sulfone groups is 1. The number of anilines is 1. The minimum absolute atomic E-state index is 0.0663. The van der Waals surface area contributed by atoms with Crippen LogP contribution < -0.4 is 5.32 Å². The summed E-state index contributed by atoms with van der Waals surface area (Å²) < 4.78 is 25.0. The van der Waals surface area contributed by atoms with Crippen molar-refractivity contribution in [3.63, 3.8) is 0 Å². The number of nitrogens with zero attached hydrogens (tertiary/aromatic N) is 2. The number of aromatic nitrogens is 2. The second-order valence-corrected chi connectivity index (χ2v) is 8.13. The van der Waals surface area contributed by atoms with Crippen LogP contribution in [0.2, 0.25) is 0 Å². The zero-order chi connectivity index (χ0) is 17.2. The molecular formula is C17H19N3O3S. The first kappa shape index (κ1) is 16.4. The summed E-state index contributed by atoms with van der Waals surface area (Å²) in [4.78, 5) is 12.1. The van der Waals surface area contributed by atoms with E-state index in [1.807, 2.05) is 37.3 Å². The Morgan fingerprint density at radius 1 is 1.33 bits per heavy atom. The maximum Gasteiger partial charge on any atom is 0.249 e. The third-order valence-corrected chi connectivity index (χ3v) is 5.64. The van der Waals surface area contributed by atoms with Crippen molar-refractivity contribution in [2.45, 2.75) is 19.4 Å². The van der Waals surface area contributed by atoms with E-state index in [0.717, 1.165) is 11.3 Å². The van der Waals surface area contributed by atoms with Crippen molar-refractivity contribution in [1.82, 2.24) is 9.78 Å². The lowest BCUT2D eigenvalue weighted by Gasteiger charge is -2.13. The predicted octanol–water partition coefficient (Wildman–Crippen LogP) is 2.20. The van der Waals surface area contributed by atoms with E-state index in [9.17, 15) is 13.2 Å². The van der Waals surface area contributed by atoms with Crippen LogP contribution in [0, 0.1) is 6.92 Å². The van der Waals surface area contributed by atoms with Gasteiger partial charge in [-0.15, -0.1) is 0 Å². The van der Waals surface area contributed by atoms with Gasteiger partial charge >= 0.3 is 0 Å². The largest absolute Gasteiger partial charge is 0.307 e. The summed E-state index contributed by atoms with van der Waals surface area (Å²) in [7, 11) is -3.01. The van der Waals surface area contributed by atoms with Gasteiger partial charge in [-0.1, -0.05) is 30.3 Å². The van der Waals surface area contributed by atoms with Crippen molar-refractivity contribution >= 4 is 27.6 Å². The van der Waals surface area contributed by atoms with Crippen molar-refractivity contribution in [3.05, 3.63) is 53.7 Å². The molecule has 6 nitrogen and oxygen atoms in total. The van der Waals surface area contributed by atoms with E-state index in [4.69, 9.17) is 0 Å². The second kappa shape index (κ2) is 6.60. The number of aryl methyl sites for hydroxylation is 1. The average Bonchev–Trinajstić information content (AvgIpc) is 3.08. The first-order chi connectivity index (χ1) is 11.4. The number of carbonyl (C=O) groups is 1. The average molecular weight is 345 g/mol. The molecule has 7 heteroatoms. The minimum Gasteiger partial charge on any atom is -0.307 e. The molecule has 1 aliphatic heterocycles. The predicted molar refractivity (Wildman–Crippen MR) is 93.4 cm³/mol. The fourth-order valence-electron chi connectivity index (χ4n) is 2.76. The first-order valence-corrected chi connectivity index (χ1v) is 9.56. The summed E-state index contributed by atoms with van der Waals surface area (Å²) in [6.45, 7) is 1.81. The maximum absolute atomic E-state index is 12.1. The van der Waals surface area contributed by atoms with Crippen LogP contribution in [0.1, 0.15) is 23.7 Å². The third-order valence-electron chi connectivity index (χ3n) is 3.89. The Bertz CT molecular complexity index is 870. The Balaban J connectivity index is 1.73. The second-order valence-electron chi connectivity index (χ2n) is 5.91. The molecule has 2 heterocycles. The Kier molecular flexibility index (Phi) is 4.53. The molecular weight excluding hydrogens is 326 g/mol. The SMILES string of the molecule is Cc1cc(NC(=O)/C=C/c2ccccc2)n(C2CCS(=O)(=O)C2)n1. The van der Waals surface area contributed by atoms with E-state index in [-0.39, 0.29) is 23.5 Å². The van der Waals surface area contributed by atoms with E-state index < -0.39 is 9.84 Å². The highest BCUT2D eigenvalue weighted by atomic mass is 32.2. The van der Waals surface area contributed by atoms with Crippen LogP contribution in [0.15, 0.2) is 42.5 Å². The van der Waals surface area contributed by atoms with Crippen LogP contribution in [0.5, 0.6) is 0 Å². The highest BCUT2D eigenvalue weighted by Crippen LogP contribution is 2.27. The molecule has 1 aliphatic rings. The molecule has 1 unspecified atom stereocenters. The van der Waals surface area contributed by atoms with Gasteiger partial charge in [0.25, 0.3) is 0 Å². The summed E-state index contributed by atoms with van der Waals surface area (Å²) in [5.74, 6) is 0.479. The minimum atomic E-state index is -3.01. The summed E-state index contributed by atoms with van der Waals surface area (Å²) >= 11 is 0. The lowest BCUT2D eigenvalue weighted by Crippen LogP contribution is -2.18. The lowest BCUT2D eigenvalue weighted by molar-refractivity contribution is -0.111. The van der Waals surface area contributed by atoms with Gasteiger partial charge < -0.3 is 5.32 Å². The zero-order valence-corrected chi connectivity index (χ0v) is 14.2. The number of amides is 1. The van der Waals surface area contributed by atoms with Crippen molar-refractivity contribution < 1.29 is 13.2 Å². The molecule has 0 aliphatic carbocycles. The van der Waals surface area contributed by atoms with E-state index in [0.29, 0.717) is 12.2 Å². The zero-order valence-electron chi connectivity index (χ0n) is 13.3. The van der Waals surface area contributed by atoms with Gasteiger partial charge in [0.15, 0.2) is 9.84 Å². The van der Waals surface area contributed by atoms with E-state index in [1.165, 1.54) is 6.08 Å². The molecule has 1 aromatic carbocycles. The van der Waals surface area contributed by atoms with E-state index in [1.54, 1.807) is 16.8 Å². The van der Waals surface area contributed by atoms with Gasteiger partial charge in [0.2, 0.25) is 5.91 Å². The van der Waals surface area contributed by atoms with Crippen LogP contribution in [-0.2, 0) is 14.6 Å². The van der Waals surface area contributed by atoms with Gasteiger partial charge in [-0.3, -0.25) is 4.79 Å². The molecule has 1 N–H and O–H groups in total. The summed E-state index contributed by atoms with van der Waals surface area (Å²) in [6, 6.07) is 11.0. The van der Waals surface area contributed by atoms with Crippen molar-refractivity contribution in [1.29, 1.82) is 0 Å². The molecule has 2 aromatic rings. The molecule has 1 fully saturated rings. The number of hydrogen-bond acceptors (Lipinski definition) is 4. The number of nitrogens with one attached hydrogen (secondary N) is 1. The number of rotatable bonds is 4. The normalized spacial score (nSPS) is 19.6. The fourth-order valence-corrected chi connectivity index (χ4v) is 4.45. The van der Waals surface area contributed by atoms with Crippen LogP contribution in [-0.4, -0.2) is 35.6 Å². The molecule has 1 amide bonds. The van der Waals surface area contributed by atoms with Crippen molar-refractivity contribution in [2.24, 2.45) is 0 Å². The molecule has 1 saturated heterocycles. The molecule has 0 bridgehead atoms. The van der Waals surface area contributed by atoms with Crippen molar-refractivity contribution in [3.8, 4) is 0 Å². The standard InChI is InChI=1S/C17H19N3O3S/c1-13-11-16(20(19-13)15-9-10-24(22,23)12-15)18-17(21)8-7-14-5-3-2-4-6-14/h2-8,11,15H,9-10,12H2,1H3,(H,18,21)/b8-7+. The summed E-state index contributed by atoms with van der Waals surface area (Å²) in [5.41, 5.74) is 1.67. The topological polar surface area (TPSA) is 81.1 Å². The van der Waals surface area contributed by atoms with Crippen LogP contribution in [0.4, 0.5) is 5.82 Å². The van der Waals surface area contributed by atoms with Gasteiger partial charge in [-0.2, -0.15) is 5.10 Å². The Morgan fingerprint density at radius 2 is 2.08 bits per heavy atom. The molecule has 0 radical (unpaired) electrons. The van der Waals surface area contributed by atoms with Crippen LogP contribution in [0.25, 0.3) is 6.08 Å². The molecule has 1 aromatic heterocycles. The lowest BCUT2D eigenvalue weighted by atomic mass is 10.2. The van der Waals surface area contributed by atoms with E-state index in [2.05, 4.69) is 10.4 Å². The first-order valence-electron chi connectivity index (χ1n) is 7.74. The molecule has 0 spiro atoms. The van der Waals surface area contributed by atoms with Gasteiger partial charge in [0.1, 0.15) is 5.82 Å².